The average molecular weight is 306 g/mol. The third-order valence-corrected chi connectivity index (χ3v) is 4.64. The van der Waals surface area contributed by atoms with Gasteiger partial charge in [0, 0.05) is 22.5 Å². The molecule has 0 spiro atoms. The molecule has 1 nitrogen and oxygen atoms in total. The fraction of sp³-hybridized carbons (Fsp3) is 0.294. The lowest BCUT2D eigenvalue weighted by atomic mass is 9.77. The second kappa shape index (κ2) is 6.17. The van der Waals surface area contributed by atoms with Crippen LogP contribution in [-0.2, 0) is 0 Å². The van der Waals surface area contributed by atoms with Crippen molar-refractivity contribution >= 4 is 23.2 Å². The van der Waals surface area contributed by atoms with Crippen molar-refractivity contribution in [2.24, 2.45) is 0 Å². The zero-order valence-electron chi connectivity index (χ0n) is 11.2. The lowest BCUT2D eigenvalue weighted by Gasteiger charge is -2.33. The Morgan fingerprint density at radius 3 is 2.60 bits per heavy atom. The van der Waals surface area contributed by atoms with Crippen LogP contribution in [0.2, 0.25) is 10.0 Å². The number of hydrogen-bond acceptors (Lipinski definition) is 1. The molecule has 0 bridgehead atoms. The molecular weight excluding hydrogens is 289 g/mol. The minimum atomic E-state index is 0.419. The summed E-state index contributed by atoms with van der Waals surface area (Å²) < 4.78 is 0. The van der Waals surface area contributed by atoms with Crippen LogP contribution in [0, 0.1) is 0 Å². The van der Waals surface area contributed by atoms with Crippen LogP contribution in [-0.4, -0.2) is 13.1 Å². The van der Waals surface area contributed by atoms with Crippen LogP contribution in [0.1, 0.15) is 29.4 Å². The van der Waals surface area contributed by atoms with Gasteiger partial charge in [0.25, 0.3) is 0 Å². The Balaban J connectivity index is 1.98. The molecule has 2 aromatic carbocycles. The molecule has 1 heterocycles. The standard InChI is InChI=1S/C17H17Cl2N/c18-13-5-3-4-12(10-13)16-11-20-9-8-14(16)15-6-1-2-7-17(15)19/h1-7,10,14,16,20H,8-9,11H2. The van der Waals surface area contributed by atoms with E-state index < -0.39 is 0 Å². The zero-order valence-corrected chi connectivity index (χ0v) is 12.7. The highest BCUT2D eigenvalue weighted by Crippen LogP contribution is 2.40. The van der Waals surface area contributed by atoms with Gasteiger partial charge in [-0.3, -0.25) is 0 Å². The van der Waals surface area contributed by atoms with E-state index in [2.05, 4.69) is 29.6 Å². The summed E-state index contributed by atoms with van der Waals surface area (Å²) in [7, 11) is 0. The van der Waals surface area contributed by atoms with Crippen molar-refractivity contribution in [3.63, 3.8) is 0 Å². The van der Waals surface area contributed by atoms with E-state index in [1.54, 1.807) is 0 Å². The van der Waals surface area contributed by atoms with Crippen molar-refractivity contribution < 1.29 is 0 Å². The van der Waals surface area contributed by atoms with Crippen LogP contribution in [0.5, 0.6) is 0 Å². The van der Waals surface area contributed by atoms with E-state index in [1.165, 1.54) is 11.1 Å². The Morgan fingerprint density at radius 2 is 1.80 bits per heavy atom. The molecule has 0 radical (unpaired) electrons. The largest absolute Gasteiger partial charge is 0.316 e. The Morgan fingerprint density at radius 1 is 0.950 bits per heavy atom. The first-order chi connectivity index (χ1) is 9.75. The number of hydrogen-bond donors (Lipinski definition) is 1. The number of benzene rings is 2. The van der Waals surface area contributed by atoms with Gasteiger partial charge in [-0.05, 0) is 48.2 Å². The normalized spacial score (nSPS) is 22.7. The van der Waals surface area contributed by atoms with E-state index in [1.807, 2.05) is 24.3 Å². The van der Waals surface area contributed by atoms with Gasteiger partial charge in [-0.15, -0.1) is 0 Å². The van der Waals surface area contributed by atoms with Crippen molar-refractivity contribution in [2.45, 2.75) is 18.3 Å². The molecule has 0 aliphatic carbocycles. The number of piperidine rings is 1. The van der Waals surface area contributed by atoms with Crippen LogP contribution in [0.15, 0.2) is 48.5 Å². The Labute approximate surface area is 129 Å². The van der Waals surface area contributed by atoms with Gasteiger partial charge >= 0.3 is 0 Å². The molecule has 0 saturated carbocycles. The molecule has 2 aromatic rings. The summed E-state index contributed by atoms with van der Waals surface area (Å²) in [5.74, 6) is 0.866. The van der Waals surface area contributed by atoms with Crippen molar-refractivity contribution in [3.8, 4) is 0 Å². The Bertz CT molecular complexity index is 597. The second-order valence-corrected chi connectivity index (χ2v) is 6.13. The molecule has 0 aromatic heterocycles. The minimum Gasteiger partial charge on any atom is -0.316 e. The summed E-state index contributed by atoms with van der Waals surface area (Å²) in [4.78, 5) is 0. The fourth-order valence-corrected chi connectivity index (χ4v) is 3.57. The monoisotopic (exact) mass is 305 g/mol. The summed E-state index contributed by atoms with van der Waals surface area (Å²) in [6, 6.07) is 16.4. The van der Waals surface area contributed by atoms with Crippen molar-refractivity contribution in [3.05, 3.63) is 69.7 Å². The topological polar surface area (TPSA) is 12.0 Å². The first-order valence-corrected chi connectivity index (χ1v) is 7.72. The van der Waals surface area contributed by atoms with Crippen LogP contribution < -0.4 is 5.32 Å². The van der Waals surface area contributed by atoms with Crippen LogP contribution in [0.25, 0.3) is 0 Å². The van der Waals surface area contributed by atoms with Crippen molar-refractivity contribution in [1.82, 2.24) is 5.32 Å². The predicted molar refractivity (Wildman–Crippen MR) is 85.9 cm³/mol. The van der Waals surface area contributed by atoms with E-state index in [9.17, 15) is 0 Å². The molecule has 2 atom stereocenters. The van der Waals surface area contributed by atoms with E-state index in [4.69, 9.17) is 23.2 Å². The molecule has 1 aliphatic rings. The molecule has 1 N–H and O–H groups in total. The first-order valence-electron chi connectivity index (χ1n) is 6.96. The molecule has 3 rings (SSSR count). The highest BCUT2D eigenvalue weighted by atomic mass is 35.5. The highest BCUT2D eigenvalue weighted by molar-refractivity contribution is 6.31. The van der Waals surface area contributed by atoms with Crippen LogP contribution in [0.4, 0.5) is 0 Å². The smallest absolute Gasteiger partial charge is 0.0441 e. The quantitative estimate of drug-likeness (QED) is 0.836. The van der Waals surface area contributed by atoms with Crippen molar-refractivity contribution in [2.75, 3.05) is 13.1 Å². The summed E-state index contributed by atoms with van der Waals surface area (Å²) in [5, 5.41) is 5.15. The molecule has 2 unspecified atom stereocenters. The summed E-state index contributed by atoms with van der Waals surface area (Å²) >= 11 is 12.5. The van der Waals surface area contributed by atoms with Gasteiger partial charge in [-0.25, -0.2) is 0 Å². The van der Waals surface area contributed by atoms with Gasteiger partial charge < -0.3 is 5.32 Å². The van der Waals surface area contributed by atoms with Gasteiger partial charge in [-0.2, -0.15) is 0 Å². The zero-order chi connectivity index (χ0) is 13.9. The lowest BCUT2D eigenvalue weighted by molar-refractivity contribution is 0.404. The summed E-state index contributed by atoms with van der Waals surface area (Å²) in [6.45, 7) is 2.00. The maximum Gasteiger partial charge on any atom is 0.0441 e. The summed E-state index contributed by atoms with van der Waals surface area (Å²) in [6.07, 6.45) is 1.10. The van der Waals surface area contributed by atoms with E-state index in [-0.39, 0.29) is 0 Å². The third kappa shape index (κ3) is 2.85. The molecule has 20 heavy (non-hydrogen) atoms. The van der Waals surface area contributed by atoms with Gasteiger partial charge in [0.2, 0.25) is 0 Å². The van der Waals surface area contributed by atoms with E-state index in [0.717, 1.165) is 29.6 Å². The van der Waals surface area contributed by atoms with Crippen LogP contribution in [0.3, 0.4) is 0 Å². The second-order valence-electron chi connectivity index (χ2n) is 5.28. The third-order valence-electron chi connectivity index (χ3n) is 4.06. The van der Waals surface area contributed by atoms with Gasteiger partial charge in [0.15, 0.2) is 0 Å². The lowest BCUT2D eigenvalue weighted by Crippen LogP contribution is -2.34. The van der Waals surface area contributed by atoms with Crippen LogP contribution >= 0.6 is 23.2 Å². The number of nitrogens with one attached hydrogen (secondary N) is 1. The molecule has 104 valence electrons. The SMILES string of the molecule is Clc1cccc(C2CNCCC2c2ccccc2Cl)c1. The highest BCUT2D eigenvalue weighted by Gasteiger charge is 2.28. The van der Waals surface area contributed by atoms with Gasteiger partial charge in [0.1, 0.15) is 0 Å². The Hall–Kier alpha value is -1.02. The Kier molecular flexibility index (Phi) is 4.30. The molecular formula is C17H17Cl2N. The fourth-order valence-electron chi connectivity index (χ4n) is 3.09. The van der Waals surface area contributed by atoms with E-state index >= 15 is 0 Å². The number of halogens is 2. The average Bonchev–Trinajstić information content (AvgIpc) is 2.48. The number of rotatable bonds is 2. The first kappa shape index (κ1) is 13.9. The molecule has 1 saturated heterocycles. The maximum absolute atomic E-state index is 6.40. The van der Waals surface area contributed by atoms with Gasteiger partial charge in [0.05, 0.1) is 0 Å². The molecule has 1 aliphatic heterocycles. The molecule has 0 amide bonds. The molecule has 1 fully saturated rings. The summed E-state index contributed by atoms with van der Waals surface area (Å²) in [5.41, 5.74) is 2.54. The molecule has 3 heteroatoms. The van der Waals surface area contributed by atoms with Crippen molar-refractivity contribution in [1.29, 1.82) is 0 Å². The predicted octanol–water partition coefficient (Wildman–Crippen LogP) is 4.85. The van der Waals surface area contributed by atoms with Gasteiger partial charge in [-0.1, -0.05) is 53.5 Å². The minimum absolute atomic E-state index is 0.419. The van der Waals surface area contributed by atoms with E-state index in [0.29, 0.717) is 11.8 Å². The maximum atomic E-state index is 6.40.